The zero-order chi connectivity index (χ0) is 14.9. The third-order valence-corrected chi connectivity index (χ3v) is 4.21. The van der Waals surface area contributed by atoms with Crippen LogP contribution in [0.15, 0.2) is 17.3 Å². The lowest BCUT2D eigenvalue weighted by atomic mass is 10.2. The number of hydrogen-bond donors (Lipinski definition) is 1. The number of halogens is 2. The van der Waals surface area contributed by atoms with Gasteiger partial charge in [0.2, 0.25) is 0 Å². The van der Waals surface area contributed by atoms with Gasteiger partial charge in [-0.05, 0) is 31.5 Å². The van der Waals surface area contributed by atoms with Crippen LogP contribution < -0.4 is 0 Å². The van der Waals surface area contributed by atoms with Crippen molar-refractivity contribution in [2.24, 2.45) is 0 Å². The van der Waals surface area contributed by atoms with Gasteiger partial charge in [0.05, 0.1) is 16.5 Å². The molecule has 0 atom stereocenters. The van der Waals surface area contributed by atoms with Crippen molar-refractivity contribution in [2.75, 3.05) is 5.75 Å². The molecule has 0 unspecified atom stereocenters. The maximum atomic E-state index is 10.7. The molecule has 0 saturated carbocycles. The smallest absolute Gasteiger partial charge is 0.313 e. The van der Waals surface area contributed by atoms with Crippen molar-refractivity contribution in [3.8, 4) is 5.69 Å². The van der Waals surface area contributed by atoms with E-state index in [0.717, 1.165) is 17.3 Å². The molecule has 0 saturated heterocycles. The maximum Gasteiger partial charge on any atom is 0.313 e. The van der Waals surface area contributed by atoms with Gasteiger partial charge < -0.3 is 5.11 Å². The number of nitrogens with zero attached hydrogens (tertiary/aromatic N) is 3. The molecule has 106 valence electrons. The zero-order valence-electron chi connectivity index (χ0n) is 10.7. The van der Waals surface area contributed by atoms with E-state index in [0.29, 0.717) is 26.7 Å². The summed E-state index contributed by atoms with van der Waals surface area (Å²) in [6.45, 7) is 3.62. The molecule has 1 N–H and O–H groups in total. The van der Waals surface area contributed by atoms with Crippen molar-refractivity contribution < 1.29 is 9.90 Å². The van der Waals surface area contributed by atoms with Crippen LogP contribution in [-0.2, 0) is 4.79 Å². The molecular formula is C12H11Cl2N3O2S. The number of thioether (sulfide) groups is 1. The van der Waals surface area contributed by atoms with Crippen LogP contribution >= 0.6 is 35.0 Å². The highest BCUT2D eigenvalue weighted by Gasteiger charge is 2.16. The SMILES string of the molecule is Cc1cc(Cl)c(-n2c(C)nnc2SCC(=O)O)cc1Cl. The summed E-state index contributed by atoms with van der Waals surface area (Å²) in [5.74, 6) is -0.412. The van der Waals surface area contributed by atoms with Gasteiger partial charge >= 0.3 is 5.97 Å². The van der Waals surface area contributed by atoms with Crippen LogP contribution in [0, 0.1) is 13.8 Å². The summed E-state index contributed by atoms with van der Waals surface area (Å²) in [5.41, 5.74) is 1.50. The van der Waals surface area contributed by atoms with Gasteiger partial charge in [-0.3, -0.25) is 9.36 Å². The lowest BCUT2D eigenvalue weighted by Gasteiger charge is -2.11. The van der Waals surface area contributed by atoms with Crippen LogP contribution in [0.2, 0.25) is 10.0 Å². The van der Waals surface area contributed by atoms with Crippen molar-refractivity contribution >= 4 is 40.9 Å². The summed E-state index contributed by atoms with van der Waals surface area (Å²) in [5, 5.41) is 18.2. The van der Waals surface area contributed by atoms with Gasteiger partial charge in [0.1, 0.15) is 5.82 Å². The van der Waals surface area contributed by atoms with Gasteiger partial charge in [0.15, 0.2) is 5.16 Å². The van der Waals surface area contributed by atoms with Crippen molar-refractivity contribution in [1.82, 2.24) is 14.8 Å². The third-order valence-electron chi connectivity index (χ3n) is 2.59. The largest absolute Gasteiger partial charge is 0.481 e. The van der Waals surface area contributed by atoms with Gasteiger partial charge in [-0.1, -0.05) is 35.0 Å². The highest BCUT2D eigenvalue weighted by molar-refractivity contribution is 7.99. The molecular weight excluding hydrogens is 321 g/mol. The Balaban J connectivity index is 2.49. The second-order valence-corrected chi connectivity index (χ2v) is 5.86. The highest BCUT2D eigenvalue weighted by Crippen LogP contribution is 2.31. The number of aliphatic carboxylic acids is 1. The fraction of sp³-hybridized carbons (Fsp3) is 0.250. The minimum atomic E-state index is -0.921. The van der Waals surface area contributed by atoms with Crippen LogP contribution in [0.4, 0.5) is 0 Å². The summed E-state index contributed by atoms with van der Waals surface area (Å²) >= 11 is 13.4. The molecule has 20 heavy (non-hydrogen) atoms. The molecule has 2 rings (SSSR count). The van der Waals surface area contributed by atoms with Gasteiger partial charge in [0, 0.05) is 5.02 Å². The molecule has 2 aromatic rings. The summed E-state index contributed by atoms with van der Waals surface area (Å²) < 4.78 is 1.70. The van der Waals surface area contributed by atoms with E-state index in [1.54, 1.807) is 23.6 Å². The van der Waals surface area contributed by atoms with E-state index < -0.39 is 5.97 Å². The van der Waals surface area contributed by atoms with E-state index in [1.807, 2.05) is 6.92 Å². The Bertz CT molecular complexity index is 673. The standard InChI is InChI=1S/C12H11Cl2N3O2S/c1-6-3-9(14)10(4-8(6)13)17-7(2)15-16-12(17)20-5-11(18)19/h3-4H,5H2,1-2H3,(H,18,19). The Kier molecular flexibility index (Phi) is 4.57. The van der Waals surface area contributed by atoms with E-state index in [4.69, 9.17) is 28.3 Å². The molecule has 5 nitrogen and oxygen atoms in total. The first-order valence-electron chi connectivity index (χ1n) is 5.62. The second kappa shape index (κ2) is 6.03. The quantitative estimate of drug-likeness (QED) is 0.870. The fourth-order valence-corrected chi connectivity index (χ4v) is 2.82. The van der Waals surface area contributed by atoms with E-state index in [-0.39, 0.29) is 5.75 Å². The van der Waals surface area contributed by atoms with Crippen molar-refractivity contribution in [3.63, 3.8) is 0 Å². The second-order valence-electron chi connectivity index (χ2n) is 4.10. The number of rotatable bonds is 4. The first kappa shape index (κ1) is 15.2. The summed E-state index contributed by atoms with van der Waals surface area (Å²) in [6, 6.07) is 3.48. The monoisotopic (exact) mass is 331 g/mol. The first-order chi connectivity index (χ1) is 9.40. The number of carboxylic acids is 1. The molecule has 0 aliphatic rings. The summed E-state index contributed by atoms with van der Waals surface area (Å²) in [7, 11) is 0. The van der Waals surface area contributed by atoms with Crippen LogP contribution in [-0.4, -0.2) is 31.6 Å². The summed E-state index contributed by atoms with van der Waals surface area (Å²) in [4.78, 5) is 10.7. The molecule has 0 aliphatic heterocycles. The number of carboxylic acid groups (broad SMARTS) is 1. The number of benzene rings is 1. The van der Waals surface area contributed by atoms with E-state index in [9.17, 15) is 4.79 Å². The molecule has 0 radical (unpaired) electrons. The van der Waals surface area contributed by atoms with Crippen LogP contribution in [0.5, 0.6) is 0 Å². The first-order valence-corrected chi connectivity index (χ1v) is 7.37. The molecule has 1 aromatic carbocycles. The number of carbonyl (C=O) groups is 1. The van der Waals surface area contributed by atoms with Gasteiger partial charge in [-0.2, -0.15) is 0 Å². The van der Waals surface area contributed by atoms with Crippen LogP contribution in [0.1, 0.15) is 11.4 Å². The predicted molar refractivity (Wildman–Crippen MR) is 79.2 cm³/mol. The van der Waals surface area contributed by atoms with E-state index >= 15 is 0 Å². The van der Waals surface area contributed by atoms with Crippen molar-refractivity contribution in [2.45, 2.75) is 19.0 Å². The Morgan fingerprint density at radius 1 is 1.30 bits per heavy atom. The Morgan fingerprint density at radius 2 is 2.00 bits per heavy atom. The lowest BCUT2D eigenvalue weighted by molar-refractivity contribution is -0.133. The number of aryl methyl sites for hydroxylation is 2. The molecule has 0 bridgehead atoms. The maximum absolute atomic E-state index is 10.7. The Morgan fingerprint density at radius 3 is 2.65 bits per heavy atom. The number of aromatic nitrogens is 3. The molecule has 8 heteroatoms. The Hall–Kier alpha value is -1.24. The Labute approximate surface area is 129 Å². The topological polar surface area (TPSA) is 68.0 Å². The van der Waals surface area contributed by atoms with E-state index in [2.05, 4.69) is 10.2 Å². The van der Waals surface area contributed by atoms with Crippen LogP contribution in [0.25, 0.3) is 5.69 Å². The van der Waals surface area contributed by atoms with Crippen molar-refractivity contribution in [1.29, 1.82) is 0 Å². The highest BCUT2D eigenvalue weighted by atomic mass is 35.5. The van der Waals surface area contributed by atoms with Gasteiger partial charge in [-0.15, -0.1) is 10.2 Å². The minimum Gasteiger partial charge on any atom is -0.481 e. The normalized spacial score (nSPS) is 10.8. The molecule has 0 amide bonds. The minimum absolute atomic E-state index is 0.102. The van der Waals surface area contributed by atoms with Crippen LogP contribution in [0.3, 0.4) is 0 Å². The van der Waals surface area contributed by atoms with Gasteiger partial charge in [0.25, 0.3) is 0 Å². The zero-order valence-corrected chi connectivity index (χ0v) is 13.1. The number of hydrogen-bond acceptors (Lipinski definition) is 4. The molecule has 1 aromatic heterocycles. The average Bonchev–Trinajstić information content (AvgIpc) is 2.73. The summed E-state index contributed by atoms with van der Waals surface area (Å²) in [6.07, 6.45) is 0. The molecule has 0 fully saturated rings. The lowest BCUT2D eigenvalue weighted by Crippen LogP contribution is -2.04. The molecule has 0 aliphatic carbocycles. The molecule has 0 spiro atoms. The molecule has 1 heterocycles. The average molecular weight is 332 g/mol. The van der Waals surface area contributed by atoms with Crippen molar-refractivity contribution in [3.05, 3.63) is 33.6 Å². The third kappa shape index (κ3) is 3.08. The fourth-order valence-electron chi connectivity index (χ4n) is 1.65. The van der Waals surface area contributed by atoms with Gasteiger partial charge in [-0.25, -0.2) is 0 Å². The van der Waals surface area contributed by atoms with E-state index in [1.165, 1.54) is 0 Å². The predicted octanol–water partition coefficient (Wildman–Crippen LogP) is 3.37.